The molecule has 0 aromatic carbocycles. The van der Waals surface area contributed by atoms with E-state index in [1.54, 1.807) is 0 Å². The highest BCUT2D eigenvalue weighted by Crippen LogP contribution is 2.23. The molecule has 0 radical (unpaired) electrons. The molecule has 2 nitrogen and oxygen atoms in total. The summed E-state index contributed by atoms with van der Waals surface area (Å²) in [4.78, 5) is 4.14. The van der Waals surface area contributed by atoms with Crippen molar-refractivity contribution in [3.8, 4) is 0 Å². The Morgan fingerprint density at radius 2 is 2.08 bits per heavy atom. The van der Waals surface area contributed by atoms with Gasteiger partial charge in [0.1, 0.15) is 5.15 Å². The maximum absolute atomic E-state index is 5.94. The van der Waals surface area contributed by atoms with Gasteiger partial charge in [0.05, 0.1) is 0 Å². The fourth-order valence-corrected chi connectivity index (χ4v) is 1.80. The lowest BCUT2D eigenvalue weighted by molar-refractivity contribution is 0.801. The van der Waals surface area contributed by atoms with Crippen LogP contribution in [-0.4, -0.2) is 4.98 Å². The smallest absolute Gasteiger partial charge is 0.134 e. The molecule has 0 bridgehead atoms. The van der Waals surface area contributed by atoms with Crippen molar-refractivity contribution in [1.82, 2.24) is 4.98 Å². The van der Waals surface area contributed by atoms with Crippen LogP contribution in [0, 0.1) is 13.8 Å². The van der Waals surface area contributed by atoms with Crippen molar-refractivity contribution in [2.45, 2.75) is 26.8 Å². The number of aromatic nitrogens is 1. The lowest BCUT2D eigenvalue weighted by Gasteiger charge is -2.11. The van der Waals surface area contributed by atoms with E-state index in [9.17, 15) is 0 Å². The Balaban J connectivity index is 3.28. The first kappa shape index (κ1) is 9.49. The summed E-state index contributed by atoms with van der Waals surface area (Å²) in [6, 6.07) is 1.94. The summed E-state index contributed by atoms with van der Waals surface area (Å²) < 4.78 is 0. The number of rotatable bonds is 1. The van der Waals surface area contributed by atoms with E-state index in [2.05, 4.69) is 4.98 Å². The third kappa shape index (κ3) is 1.76. The van der Waals surface area contributed by atoms with Crippen molar-refractivity contribution in [2.75, 3.05) is 0 Å². The van der Waals surface area contributed by atoms with Gasteiger partial charge in [0.15, 0.2) is 0 Å². The molecule has 1 heterocycles. The van der Waals surface area contributed by atoms with Gasteiger partial charge in [-0.3, -0.25) is 0 Å². The van der Waals surface area contributed by atoms with Crippen LogP contribution in [0.25, 0.3) is 0 Å². The van der Waals surface area contributed by atoms with Crippen LogP contribution >= 0.6 is 11.6 Å². The second-order valence-corrected chi connectivity index (χ2v) is 3.43. The normalized spacial score (nSPS) is 13.1. The van der Waals surface area contributed by atoms with Gasteiger partial charge in [-0.15, -0.1) is 0 Å². The lowest BCUT2D eigenvalue weighted by Crippen LogP contribution is -2.09. The summed E-state index contributed by atoms with van der Waals surface area (Å²) in [5.41, 5.74) is 8.73. The quantitative estimate of drug-likeness (QED) is 0.681. The Hall–Kier alpha value is -0.600. The van der Waals surface area contributed by atoms with Crippen LogP contribution in [0.1, 0.15) is 29.8 Å². The number of nitrogens with zero attached hydrogens (tertiary/aromatic N) is 1. The number of hydrogen-bond acceptors (Lipinski definition) is 2. The summed E-state index contributed by atoms with van der Waals surface area (Å²) in [5.74, 6) is 0. The van der Waals surface area contributed by atoms with Crippen molar-refractivity contribution in [1.29, 1.82) is 0 Å². The van der Waals surface area contributed by atoms with Crippen LogP contribution < -0.4 is 5.73 Å². The molecule has 1 aromatic rings. The van der Waals surface area contributed by atoms with E-state index in [1.807, 2.05) is 26.8 Å². The molecule has 1 rings (SSSR count). The molecule has 0 aliphatic carbocycles. The molecule has 66 valence electrons. The molecule has 0 amide bonds. The highest BCUT2D eigenvalue weighted by Gasteiger charge is 2.09. The van der Waals surface area contributed by atoms with E-state index < -0.39 is 0 Å². The van der Waals surface area contributed by atoms with Crippen LogP contribution in [0.2, 0.25) is 5.15 Å². The topological polar surface area (TPSA) is 38.9 Å². The summed E-state index contributed by atoms with van der Waals surface area (Å²) >= 11 is 5.94. The zero-order valence-corrected chi connectivity index (χ0v) is 8.31. The molecule has 0 spiro atoms. The minimum atomic E-state index is -0.0504. The first-order valence-corrected chi connectivity index (χ1v) is 4.29. The third-order valence-electron chi connectivity index (χ3n) is 1.80. The standard InChI is InChI=1S/C9H13ClN2/c1-5-4-6(2)12-9(10)8(5)7(3)11/h4,7H,11H2,1-3H3. The van der Waals surface area contributed by atoms with Gasteiger partial charge >= 0.3 is 0 Å². The summed E-state index contributed by atoms with van der Waals surface area (Å²) in [7, 11) is 0. The van der Waals surface area contributed by atoms with E-state index in [4.69, 9.17) is 17.3 Å². The first-order valence-electron chi connectivity index (χ1n) is 3.91. The molecular weight excluding hydrogens is 172 g/mol. The number of aryl methyl sites for hydroxylation is 2. The molecule has 0 fully saturated rings. The van der Waals surface area contributed by atoms with Gasteiger partial charge in [0.2, 0.25) is 0 Å². The number of halogens is 1. The molecule has 1 unspecified atom stereocenters. The van der Waals surface area contributed by atoms with E-state index >= 15 is 0 Å². The lowest BCUT2D eigenvalue weighted by atomic mass is 10.1. The minimum Gasteiger partial charge on any atom is -0.324 e. The highest BCUT2D eigenvalue weighted by atomic mass is 35.5. The van der Waals surface area contributed by atoms with Crippen molar-refractivity contribution < 1.29 is 0 Å². The second-order valence-electron chi connectivity index (χ2n) is 3.07. The Bertz CT molecular complexity index is 272. The molecule has 2 N–H and O–H groups in total. The molecule has 0 aliphatic heterocycles. The van der Waals surface area contributed by atoms with Crippen LogP contribution in [-0.2, 0) is 0 Å². The zero-order valence-electron chi connectivity index (χ0n) is 7.56. The van der Waals surface area contributed by atoms with Gasteiger partial charge in [0, 0.05) is 17.3 Å². The van der Waals surface area contributed by atoms with Gasteiger partial charge in [-0.25, -0.2) is 4.98 Å². The second kappa shape index (κ2) is 3.42. The van der Waals surface area contributed by atoms with E-state index in [1.165, 1.54) is 0 Å². The number of hydrogen-bond donors (Lipinski definition) is 1. The molecule has 0 aliphatic rings. The summed E-state index contributed by atoms with van der Waals surface area (Å²) in [5, 5.41) is 0.530. The van der Waals surface area contributed by atoms with Gasteiger partial charge in [-0.2, -0.15) is 0 Å². The largest absolute Gasteiger partial charge is 0.324 e. The molecular formula is C9H13ClN2. The third-order valence-corrected chi connectivity index (χ3v) is 2.09. The monoisotopic (exact) mass is 184 g/mol. The predicted octanol–water partition coefficient (Wildman–Crippen LogP) is 2.37. The molecule has 12 heavy (non-hydrogen) atoms. The Kier molecular flexibility index (Phi) is 2.70. The maximum atomic E-state index is 5.94. The molecule has 1 atom stereocenters. The van der Waals surface area contributed by atoms with E-state index in [0.29, 0.717) is 5.15 Å². The van der Waals surface area contributed by atoms with Gasteiger partial charge in [-0.05, 0) is 32.4 Å². The number of pyridine rings is 1. The van der Waals surface area contributed by atoms with E-state index in [0.717, 1.165) is 16.8 Å². The van der Waals surface area contributed by atoms with Crippen molar-refractivity contribution >= 4 is 11.6 Å². The minimum absolute atomic E-state index is 0.0504. The van der Waals surface area contributed by atoms with E-state index in [-0.39, 0.29) is 6.04 Å². The van der Waals surface area contributed by atoms with Crippen molar-refractivity contribution in [2.24, 2.45) is 5.73 Å². The Morgan fingerprint density at radius 3 is 2.50 bits per heavy atom. The van der Waals surface area contributed by atoms with Gasteiger partial charge < -0.3 is 5.73 Å². The first-order chi connectivity index (χ1) is 5.52. The highest BCUT2D eigenvalue weighted by molar-refractivity contribution is 6.30. The maximum Gasteiger partial charge on any atom is 0.134 e. The summed E-state index contributed by atoms with van der Waals surface area (Å²) in [6.45, 7) is 5.83. The average molecular weight is 185 g/mol. The van der Waals surface area contributed by atoms with Crippen LogP contribution in [0.15, 0.2) is 6.07 Å². The van der Waals surface area contributed by atoms with Crippen LogP contribution in [0.4, 0.5) is 0 Å². The zero-order chi connectivity index (χ0) is 9.30. The number of nitrogens with two attached hydrogens (primary N) is 1. The SMILES string of the molecule is Cc1cc(C)c(C(C)N)c(Cl)n1. The van der Waals surface area contributed by atoms with Gasteiger partial charge in [0.25, 0.3) is 0 Å². The van der Waals surface area contributed by atoms with Crippen LogP contribution in [0.5, 0.6) is 0 Å². The summed E-state index contributed by atoms with van der Waals surface area (Å²) in [6.07, 6.45) is 0. The van der Waals surface area contributed by atoms with Crippen LogP contribution in [0.3, 0.4) is 0 Å². The molecule has 0 saturated carbocycles. The van der Waals surface area contributed by atoms with Crippen molar-refractivity contribution in [3.63, 3.8) is 0 Å². The Labute approximate surface area is 77.8 Å². The molecule has 3 heteroatoms. The fourth-order valence-electron chi connectivity index (χ4n) is 1.35. The van der Waals surface area contributed by atoms with Gasteiger partial charge in [-0.1, -0.05) is 11.6 Å². The average Bonchev–Trinajstić information content (AvgIpc) is 1.82. The van der Waals surface area contributed by atoms with Crippen molar-refractivity contribution in [3.05, 3.63) is 28.0 Å². The molecule has 0 saturated heterocycles. The Morgan fingerprint density at radius 1 is 1.50 bits per heavy atom. The molecule has 1 aromatic heterocycles. The predicted molar refractivity (Wildman–Crippen MR) is 51.3 cm³/mol. The fraction of sp³-hybridized carbons (Fsp3) is 0.444.